The van der Waals surface area contributed by atoms with Gasteiger partial charge in [0.25, 0.3) is 0 Å². The largest absolute Gasteiger partial charge is 0.679 e. The molecule has 1 aliphatic carbocycles. The van der Waals surface area contributed by atoms with Crippen LogP contribution in [-0.2, 0) is 5.41 Å². The Labute approximate surface area is 286 Å². The quantitative estimate of drug-likeness (QED) is 0.179. The molecule has 2 aliphatic rings. The summed E-state index contributed by atoms with van der Waals surface area (Å²) in [5.74, 6) is 0. The summed E-state index contributed by atoms with van der Waals surface area (Å²) in [6.07, 6.45) is 6.25. The Bertz CT molecular complexity index is 2680. The normalized spacial score (nSPS) is 14.8. The van der Waals surface area contributed by atoms with Crippen LogP contribution in [0.1, 0.15) is 36.2 Å². The maximum atomic E-state index is 5.10. The molecule has 0 spiro atoms. The molecule has 0 saturated carbocycles. The average Bonchev–Trinajstić information content (AvgIpc) is 3.38. The van der Waals surface area contributed by atoms with Crippen molar-refractivity contribution < 1.29 is 0 Å². The van der Waals surface area contributed by atoms with E-state index >= 15 is 0 Å². The molecule has 10 rings (SSSR count). The monoisotopic (exact) mass is 625 g/mol. The van der Waals surface area contributed by atoms with E-state index in [1.54, 1.807) is 0 Å². The zero-order valence-electron chi connectivity index (χ0n) is 27.5. The number of pyridine rings is 1. The average molecular weight is 626 g/mol. The number of allylic oxidation sites excluding steroid dienone is 2. The summed E-state index contributed by atoms with van der Waals surface area (Å²) >= 11 is 0. The fourth-order valence-corrected chi connectivity index (χ4v) is 8.57. The number of hydrogen-bond donors (Lipinski definition) is 0. The van der Waals surface area contributed by atoms with Gasteiger partial charge in [0, 0.05) is 17.3 Å². The van der Waals surface area contributed by atoms with Gasteiger partial charge in [-0.3, -0.25) is 4.98 Å². The Morgan fingerprint density at radius 3 is 1.82 bits per heavy atom. The second-order valence-electron chi connectivity index (χ2n) is 13.9. The first-order chi connectivity index (χ1) is 24.1. The first kappa shape index (κ1) is 28.1. The number of fused-ring (bicyclic) bond motifs is 7. The molecule has 0 radical (unpaired) electrons. The minimum absolute atomic E-state index is 0.121. The third-order valence-electron chi connectivity index (χ3n) is 10.9. The summed E-state index contributed by atoms with van der Waals surface area (Å²) in [6, 6.07) is 49.1. The van der Waals surface area contributed by atoms with Crippen molar-refractivity contribution in [3.8, 4) is 22.3 Å². The molecule has 0 unspecified atom stereocenters. The molecule has 7 aromatic carbocycles. The molecule has 0 atom stereocenters. The van der Waals surface area contributed by atoms with Crippen molar-refractivity contribution in [2.45, 2.75) is 19.3 Å². The van der Waals surface area contributed by atoms with E-state index in [-0.39, 0.29) is 5.41 Å². The van der Waals surface area contributed by atoms with Crippen molar-refractivity contribution in [1.82, 2.24) is 4.98 Å². The zero-order chi connectivity index (χ0) is 32.7. The van der Waals surface area contributed by atoms with Crippen molar-refractivity contribution in [3.05, 3.63) is 180 Å². The third-order valence-corrected chi connectivity index (χ3v) is 10.9. The molecule has 8 aromatic rings. The summed E-state index contributed by atoms with van der Waals surface area (Å²) < 4.78 is 0. The van der Waals surface area contributed by atoms with Crippen molar-refractivity contribution in [1.29, 1.82) is 0 Å². The van der Waals surface area contributed by atoms with Crippen molar-refractivity contribution in [3.63, 3.8) is 0 Å². The summed E-state index contributed by atoms with van der Waals surface area (Å²) in [6.45, 7) is 5.35. The third kappa shape index (κ3) is 4.10. The predicted octanol–water partition coefficient (Wildman–Crippen LogP) is 12.5. The van der Waals surface area contributed by atoms with Gasteiger partial charge in [0.2, 0.25) is 0 Å². The van der Waals surface area contributed by atoms with Gasteiger partial charge in [-0.15, -0.1) is 12.2 Å². The summed E-state index contributed by atoms with van der Waals surface area (Å²) in [7, 11) is 0. The second-order valence-corrected chi connectivity index (χ2v) is 13.9. The molecule has 2 heteroatoms. The lowest BCUT2D eigenvalue weighted by Gasteiger charge is -2.31. The topological polar surface area (TPSA) is 27.0 Å². The lowest BCUT2D eigenvalue weighted by molar-refractivity contribution is 0.661. The van der Waals surface area contributed by atoms with E-state index in [1.807, 2.05) is 24.4 Å². The van der Waals surface area contributed by atoms with E-state index < -0.39 is 0 Å². The molecule has 1 aromatic heterocycles. The SMILES string of the molecule is CC1(C)c2ccccc2-c2cc3c(C4=CC=C(c5ccccn5)[N-]C4)c4ccccc4c(-c4c5ccccc5cc5ccccc45)c3cc21. The molecule has 0 saturated heterocycles. The van der Waals surface area contributed by atoms with E-state index in [0.29, 0.717) is 6.54 Å². The van der Waals surface area contributed by atoms with Crippen LogP contribution in [0.4, 0.5) is 0 Å². The van der Waals surface area contributed by atoms with Crippen LogP contribution in [0.2, 0.25) is 0 Å². The van der Waals surface area contributed by atoms with E-state index in [9.17, 15) is 0 Å². The van der Waals surface area contributed by atoms with Gasteiger partial charge in [-0.25, -0.2) is 0 Å². The molecular weight excluding hydrogens is 593 g/mol. The van der Waals surface area contributed by atoms with Crippen LogP contribution in [0.25, 0.3) is 81.9 Å². The van der Waals surface area contributed by atoms with Gasteiger partial charge < -0.3 is 5.32 Å². The summed E-state index contributed by atoms with van der Waals surface area (Å²) in [5.41, 5.74) is 12.2. The predicted molar refractivity (Wildman–Crippen MR) is 208 cm³/mol. The number of nitrogens with zero attached hydrogens (tertiary/aromatic N) is 2. The Hall–Kier alpha value is -5.99. The van der Waals surface area contributed by atoms with Gasteiger partial charge in [-0.05, 0) is 112 Å². The summed E-state index contributed by atoms with van der Waals surface area (Å²) in [4.78, 5) is 4.58. The highest BCUT2D eigenvalue weighted by molar-refractivity contribution is 6.26. The fraction of sp³-hybridized carbons (Fsp3) is 0.0851. The lowest BCUT2D eigenvalue weighted by atomic mass is 9.78. The Morgan fingerprint density at radius 1 is 0.510 bits per heavy atom. The first-order valence-electron chi connectivity index (χ1n) is 17.1. The van der Waals surface area contributed by atoms with E-state index in [4.69, 9.17) is 5.32 Å². The highest BCUT2D eigenvalue weighted by Crippen LogP contribution is 2.54. The van der Waals surface area contributed by atoms with Crippen LogP contribution in [0.15, 0.2) is 152 Å². The molecule has 0 N–H and O–H groups in total. The van der Waals surface area contributed by atoms with E-state index in [2.05, 4.69) is 146 Å². The lowest BCUT2D eigenvalue weighted by Crippen LogP contribution is -2.15. The van der Waals surface area contributed by atoms with Crippen LogP contribution in [0, 0.1) is 0 Å². The summed E-state index contributed by atoms with van der Waals surface area (Å²) in [5, 5.41) is 15.2. The van der Waals surface area contributed by atoms with Crippen LogP contribution in [0.3, 0.4) is 0 Å². The standard InChI is InChI=1S/C47H33N2/c1-47(2)40-20-10-9-17-34(40)37-26-38-39(27-41(37)47)46(45-32-15-5-3-13-29(32)25-30-14-4-6-16-33(30)45)36-19-8-7-18-35(36)44(38)31-22-23-43(49-28-31)42-21-11-12-24-48-42/h3-27H,28H2,1-2H3/q-1. The maximum Gasteiger partial charge on any atom is 0.0480 e. The minimum atomic E-state index is -0.121. The van der Waals surface area contributed by atoms with Crippen molar-refractivity contribution in [2.75, 3.05) is 6.54 Å². The van der Waals surface area contributed by atoms with Gasteiger partial charge in [0.1, 0.15) is 0 Å². The molecule has 0 fully saturated rings. The number of rotatable bonds is 3. The van der Waals surface area contributed by atoms with Crippen molar-refractivity contribution in [2.24, 2.45) is 0 Å². The highest BCUT2D eigenvalue weighted by atomic mass is 14.9. The molecule has 49 heavy (non-hydrogen) atoms. The van der Waals surface area contributed by atoms with Gasteiger partial charge in [0.15, 0.2) is 0 Å². The highest BCUT2D eigenvalue weighted by Gasteiger charge is 2.36. The molecule has 232 valence electrons. The number of benzene rings is 7. The van der Waals surface area contributed by atoms with Crippen LogP contribution in [0.5, 0.6) is 0 Å². The number of aromatic nitrogens is 1. The molecule has 2 heterocycles. The molecule has 2 nitrogen and oxygen atoms in total. The Balaban J connectivity index is 1.38. The fourth-order valence-electron chi connectivity index (χ4n) is 8.57. The minimum Gasteiger partial charge on any atom is -0.679 e. The van der Waals surface area contributed by atoms with Crippen molar-refractivity contribution >= 4 is 54.4 Å². The van der Waals surface area contributed by atoms with Gasteiger partial charge in [-0.2, -0.15) is 0 Å². The zero-order valence-corrected chi connectivity index (χ0v) is 27.5. The molecular formula is C47H33N2-. The molecule has 0 amide bonds. The molecule has 1 aliphatic heterocycles. The van der Waals surface area contributed by atoms with Crippen LogP contribution in [-0.4, -0.2) is 11.5 Å². The van der Waals surface area contributed by atoms with Gasteiger partial charge >= 0.3 is 0 Å². The van der Waals surface area contributed by atoms with Gasteiger partial charge in [0.05, 0.1) is 0 Å². The Morgan fingerprint density at radius 2 is 1.12 bits per heavy atom. The smallest absolute Gasteiger partial charge is 0.0480 e. The van der Waals surface area contributed by atoms with E-state index in [0.717, 1.165) is 11.4 Å². The molecule has 0 bridgehead atoms. The number of hydrogen-bond acceptors (Lipinski definition) is 1. The van der Waals surface area contributed by atoms with Crippen LogP contribution < -0.4 is 0 Å². The Kier molecular flexibility index (Phi) is 6.02. The second kappa shape index (κ2) is 10.5. The van der Waals surface area contributed by atoms with Crippen LogP contribution >= 0.6 is 0 Å². The van der Waals surface area contributed by atoms with Gasteiger partial charge in [-0.1, -0.05) is 135 Å². The first-order valence-corrected chi connectivity index (χ1v) is 17.1. The maximum absolute atomic E-state index is 5.10. The van der Waals surface area contributed by atoms with E-state index in [1.165, 1.54) is 87.6 Å².